The lowest BCUT2D eigenvalue weighted by Crippen LogP contribution is -2.44. The first-order valence-corrected chi connectivity index (χ1v) is 12.9. The third-order valence-corrected chi connectivity index (χ3v) is 6.55. The van der Waals surface area contributed by atoms with Gasteiger partial charge in [0, 0.05) is 31.0 Å². The highest BCUT2D eigenvalue weighted by Gasteiger charge is 2.34. The molecule has 2 aromatic rings. The van der Waals surface area contributed by atoms with Crippen LogP contribution in [0.4, 0.5) is 19.3 Å². The maximum Gasteiger partial charge on any atom is 0.414 e. The molecular formula is C22H23F2N3O8S. The van der Waals surface area contributed by atoms with Gasteiger partial charge in [-0.2, -0.15) is 0 Å². The van der Waals surface area contributed by atoms with E-state index in [9.17, 15) is 31.9 Å². The average molecular weight is 528 g/mol. The summed E-state index contributed by atoms with van der Waals surface area (Å²) in [4.78, 5) is 26.8. The second-order valence-electron chi connectivity index (χ2n) is 8.42. The van der Waals surface area contributed by atoms with Gasteiger partial charge < -0.3 is 24.0 Å². The number of sulfone groups is 1. The molecule has 3 heterocycles. The van der Waals surface area contributed by atoms with Crippen molar-refractivity contribution in [1.29, 1.82) is 0 Å². The van der Waals surface area contributed by atoms with Crippen molar-refractivity contribution in [3.63, 3.8) is 0 Å². The largest absolute Gasteiger partial charge is 0.471 e. The molecule has 2 aliphatic rings. The molecule has 1 N–H and O–H groups in total. The molecule has 14 heteroatoms. The molecule has 0 aliphatic carbocycles. The summed E-state index contributed by atoms with van der Waals surface area (Å²) in [6, 6.07) is 3.52. The Labute approximate surface area is 204 Å². The molecule has 0 spiro atoms. The number of amides is 2. The van der Waals surface area contributed by atoms with Crippen LogP contribution in [0.1, 0.15) is 12.0 Å². The Hall–Kier alpha value is -3.52. The van der Waals surface area contributed by atoms with Crippen molar-refractivity contribution in [2.24, 2.45) is 0 Å². The minimum absolute atomic E-state index is 0.00445. The van der Waals surface area contributed by atoms with Gasteiger partial charge in [-0.05, 0) is 29.3 Å². The number of hydrogen-bond acceptors (Lipinski definition) is 9. The Morgan fingerprint density at radius 2 is 2.06 bits per heavy atom. The number of aromatic nitrogens is 1. The minimum atomic E-state index is -3.57. The van der Waals surface area contributed by atoms with Gasteiger partial charge in [0.05, 0.1) is 18.0 Å². The van der Waals surface area contributed by atoms with Crippen LogP contribution >= 0.6 is 0 Å². The number of cyclic esters (lactones) is 1. The monoisotopic (exact) mass is 527 g/mol. The highest BCUT2D eigenvalue weighted by molar-refractivity contribution is 7.90. The molecule has 2 atom stereocenters. The molecule has 0 radical (unpaired) electrons. The van der Waals surface area contributed by atoms with E-state index in [0.29, 0.717) is 5.57 Å². The number of halogens is 2. The van der Waals surface area contributed by atoms with E-state index in [1.165, 1.54) is 23.3 Å². The zero-order chi connectivity index (χ0) is 26.0. The van der Waals surface area contributed by atoms with Crippen LogP contribution < -0.4 is 9.64 Å². The highest BCUT2D eigenvalue weighted by atomic mass is 32.2. The smallest absolute Gasteiger partial charge is 0.414 e. The molecule has 11 nitrogen and oxygen atoms in total. The number of carbonyl (C=O) groups is 2. The van der Waals surface area contributed by atoms with Gasteiger partial charge in [-0.1, -0.05) is 6.08 Å². The summed E-state index contributed by atoms with van der Waals surface area (Å²) < 4.78 is 67.8. The third kappa shape index (κ3) is 5.82. The van der Waals surface area contributed by atoms with E-state index in [1.54, 1.807) is 0 Å². The summed E-state index contributed by atoms with van der Waals surface area (Å²) in [6.45, 7) is -0.0393. The summed E-state index contributed by atoms with van der Waals surface area (Å²) >= 11 is 0. The van der Waals surface area contributed by atoms with E-state index in [2.05, 4.69) is 9.68 Å². The van der Waals surface area contributed by atoms with Gasteiger partial charge in [0.1, 0.15) is 30.6 Å². The van der Waals surface area contributed by atoms with Crippen LogP contribution in [0.2, 0.25) is 0 Å². The first kappa shape index (κ1) is 25.6. The van der Waals surface area contributed by atoms with E-state index in [0.717, 1.165) is 23.3 Å². The summed E-state index contributed by atoms with van der Waals surface area (Å²) in [5.41, 5.74) is -0.0121. The van der Waals surface area contributed by atoms with E-state index >= 15 is 0 Å². The van der Waals surface area contributed by atoms with Gasteiger partial charge in [-0.15, -0.1) is 0 Å². The molecule has 2 aliphatic heterocycles. The van der Waals surface area contributed by atoms with E-state index in [4.69, 9.17) is 9.47 Å². The Kier molecular flexibility index (Phi) is 7.26. The zero-order valence-electron chi connectivity index (χ0n) is 19.1. The average Bonchev–Trinajstić information content (AvgIpc) is 3.45. The SMILES string of the molecule is CS(=O)(=O)C[C@@H](O)C(=O)N1CC=C(c2c(F)cc(N3C[C@H](COc4ccon4)OC3=O)cc2F)CC1. The molecule has 2 amide bonds. The molecule has 4 rings (SSSR count). The number of benzene rings is 1. The van der Waals surface area contributed by atoms with Crippen molar-refractivity contribution < 1.29 is 45.9 Å². The first-order chi connectivity index (χ1) is 17.0. The molecular weight excluding hydrogens is 504 g/mol. The van der Waals surface area contributed by atoms with E-state index in [-0.39, 0.29) is 49.8 Å². The quantitative estimate of drug-likeness (QED) is 0.539. The molecule has 1 aromatic carbocycles. The molecule has 0 bridgehead atoms. The topological polar surface area (TPSA) is 139 Å². The molecule has 0 saturated carbocycles. The number of rotatable bonds is 8. The Morgan fingerprint density at radius 1 is 1.33 bits per heavy atom. The van der Waals surface area contributed by atoms with E-state index in [1.807, 2.05) is 0 Å². The Balaban J connectivity index is 1.42. The van der Waals surface area contributed by atoms with Crippen LogP contribution in [0.15, 0.2) is 35.1 Å². The fraction of sp³-hybridized carbons (Fsp3) is 0.409. The number of carbonyl (C=O) groups excluding carboxylic acids is 2. The van der Waals surface area contributed by atoms with Gasteiger partial charge >= 0.3 is 6.09 Å². The fourth-order valence-corrected chi connectivity index (χ4v) is 4.68. The number of nitrogens with zero attached hydrogens (tertiary/aromatic N) is 3. The molecule has 0 unspecified atom stereocenters. The molecule has 36 heavy (non-hydrogen) atoms. The molecule has 194 valence electrons. The summed E-state index contributed by atoms with van der Waals surface area (Å²) in [6.07, 6.45) is 0.551. The summed E-state index contributed by atoms with van der Waals surface area (Å²) in [5, 5.41) is 13.4. The maximum absolute atomic E-state index is 15.0. The van der Waals surface area contributed by atoms with Crippen molar-refractivity contribution in [2.45, 2.75) is 18.6 Å². The van der Waals surface area contributed by atoms with Gasteiger partial charge in [0.15, 0.2) is 15.9 Å². The van der Waals surface area contributed by atoms with Crippen LogP contribution in [0.3, 0.4) is 0 Å². The number of aliphatic hydroxyl groups is 1. The number of aliphatic hydroxyl groups excluding tert-OH is 1. The van der Waals surface area contributed by atoms with Gasteiger partial charge in [0.25, 0.3) is 11.8 Å². The molecule has 1 saturated heterocycles. The van der Waals surface area contributed by atoms with Crippen molar-refractivity contribution in [3.8, 4) is 5.88 Å². The van der Waals surface area contributed by atoms with Crippen molar-refractivity contribution in [1.82, 2.24) is 10.1 Å². The Morgan fingerprint density at radius 3 is 2.64 bits per heavy atom. The third-order valence-electron chi connectivity index (χ3n) is 5.63. The lowest BCUT2D eigenvalue weighted by atomic mass is 9.97. The highest BCUT2D eigenvalue weighted by Crippen LogP contribution is 2.32. The standard InChI is InChI=1S/C22H23F2N3O8S/c1-36(31,32)12-18(28)21(29)26-5-2-13(3-6-26)20-16(23)8-14(9-17(20)24)27-10-15(35-22(27)30)11-33-19-4-7-34-25-19/h2,4,7-9,15,18,28H,3,5-6,10-12H2,1H3/t15-,18-/m1/s1. The number of ether oxygens (including phenoxy) is 2. The van der Waals surface area contributed by atoms with Gasteiger partial charge in [-0.25, -0.2) is 22.0 Å². The second-order valence-corrected chi connectivity index (χ2v) is 10.6. The van der Waals surface area contributed by atoms with Crippen molar-refractivity contribution in [3.05, 3.63) is 47.7 Å². The lowest BCUT2D eigenvalue weighted by molar-refractivity contribution is -0.138. The Bertz CT molecular complexity index is 1260. The summed E-state index contributed by atoms with van der Waals surface area (Å²) in [7, 11) is -3.57. The van der Waals surface area contributed by atoms with Crippen molar-refractivity contribution in [2.75, 3.05) is 43.1 Å². The second kappa shape index (κ2) is 10.2. The fourth-order valence-electron chi connectivity index (χ4n) is 3.96. The number of anilines is 1. The van der Waals surface area contributed by atoms with Crippen LogP contribution in [0.25, 0.3) is 5.57 Å². The van der Waals surface area contributed by atoms with E-state index < -0.39 is 51.4 Å². The van der Waals surface area contributed by atoms with Gasteiger partial charge in [0.2, 0.25) is 0 Å². The van der Waals surface area contributed by atoms with Crippen molar-refractivity contribution >= 4 is 33.1 Å². The van der Waals surface area contributed by atoms with Crippen LogP contribution in [-0.4, -0.2) is 86.0 Å². The van der Waals surface area contributed by atoms with Crippen LogP contribution in [0.5, 0.6) is 5.88 Å². The minimum Gasteiger partial charge on any atom is -0.471 e. The number of hydrogen-bond donors (Lipinski definition) is 1. The lowest BCUT2D eigenvalue weighted by Gasteiger charge is -2.28. The maximum atomic E-state index is 15.0. The molecule has 1 aromatic heterocycles. The van der Waals surface area contributed by atoms with Crippen LogP contribution in [-0.2, 0) is 19.4 Å². The summed E-state index contributed by atoms with van der Waals surface area (Å²) in [5.74, 6) is -3.08. The predicted octanol–water partition coefficient (Wildman–Crippen LogP) is 1.38. The first-order valence-electron chi connectivity index (χ1n) is 10.9. The van der Waals surface area contributed by atoms with Crippen LogP contribution in [0, 0.1) is 11.6 Å². The van der Waals surface area contributed by atoms with Gasteiger partial charge in [-0.3, -0.25) is 9.69 Å². The predicted molar refractivity (Wildman–Crippen MR) is 121 cm³/mol. The molecule has 1 fully saturated rings. The zero-order valence-corrected chi connectivity index (χ0v) is 19.9. The normalized spacial score (nSPS) is 19.2.